The van der Waals surface area contributed by atoms with Crippen LogP contribution in [0.4, 0.5) is 5.69 Å². The summed E-state index contributed by atoms with van der Waals surface area (Å²) in [6, 6.07) is 12.4. The fraction of sp³-hybridized carbons (Fsp3) is 0. The Labute approximate surface area is 143 Å². The van der Waals surface area contributed by atoms with Crippen molar-refractivity contribution in [2.45, 2.75) is 0 Å². The van der Waals surface area contributed by atoms with Crippen molar-refractivity contribution in [2.75, 3.05) is 5.32 Å². The molecule has 2 aromatic carbocycles. The summed E-state index contributed by atoms with van der Waals surface area (Å²) >= 11 is 12.2. The van der Waals surface area contributed by atoms with Crippen LogP contribution in [-0.4, -0.2) is 10.9 Å². The van der Waals surface area contributed by atoms with Crippen LogP contribution < -0.4 is 5.32 Å². The van der Waals surface area contributed by atoms with Gasteiger partial charge >= 0.3 is 0 Å². The third-order valence-electron chi connectivity index (χ3n) is 3.46. The van der Waals surface area contributed by atoms with Gasteiger partial charge in [-0.05, 0) is 29.8 Å². The van der Waals surface area contributed by atoms with E-state index < -0.39 is 0 Å². The number of carbonyl (C=O) groups excluding carboxylic acids is 1. The van der Waals surface area contributed by atoms with Gasteiger partial charge < -0.3 is 5.32 Å². The van der Waals surface area contributed by atoms with Crippen LogP contribution in [0.15, 0.2) is 55.2 Å². The first kappa shape index (κ1) is 15.5. The number of pyridine rings is 1. The van der Waals surface area contributed by atoms with E-state index >= 15 is 0 Å². The number of hydrogen-bond acceptors (Lipinski definition) is 2. The van der Waals surface area contributed by atoms with Gasteiger partial charge in [0.2, 0.25) is 0 Å². The van der Waals surface area contributed by atoms with Crippen molar-refractivity contribution >= 4 is 51.8 Å². The minimum Gasteiger partial charge on any atom is -0.320 e. The summed E-state index contributed by atoms with van der Waals surface area (Å²) in [7, 11) is 0. The zero-order chi connectivity index (χ0) is 16.4. The van der Waals surface area contributed by atoms with Gasteiger partial charge in [-0.1, -0.05) is 54.1 Å². The summed E-state index contributed by atoms with van der Waals surface area (Å²) in [5, 5.41) is 4.34. The molecule has 0 fully saturated rings. The smallest absolute Gasteiger partial charge is 0.258 e. The normalized spacial score (nSPS) is 10.5. The van der Waals surface area contributed by atoms with E-state index in [1.807, 2.05) is 18.2 Å². The van der Waals surface area contributed by atoms with Crippen LogP contribution in [0.1, 0.15) is 15.9 Å². The average molecular weight is 343 g/mol. The number of fused-ring (bicyclic) bond motifs is 1. The second-order valence-corrected chi connectivity index (χ2v) is 5.67. The molecule has 0 spiro atoms. The summed E-state index contributed by atoms with van der Waals surface area (Å²) in [6.07, 6.45) is 3.43. The van der Waals surface area contributed by atoms with Crippen LogP contribution in [-0.2, 0) is 0 Å². The van der Waals surface area contributed by atoms with E-state index in [1.165, 1.54) is 0 Å². The Morgan fingerprint density at radius 3 is 2.48 bits per heavy atom. The van der Waals surface area contributed by atoms with Crippen molar-refractivity contribution in [3.8, 4) is 0 Å². The molecule has 1 N–H and O–H groups in total. The van der Waals surface area contributed by atoms with E-state index in [1.54, 1.807) is 36.5 Å². The Kier molecular flexibility index (Phi) is 4.33. The van der Waals surface area contributed by atoms with Gasteiger partial charge in [-0.3, -0.25) is 9.78 Å². The quantitative estimate of drug-likeness (QED) is 0.688. The molecule has 0 unspecified atom stereocenters. The number of hydrogen-bond donors (Lipinski definition) is 1. The van der Waals surface area contributed by atoms with Crippen LogP contribution in [0.5, 0.6) is 0 Å². The van der Waals surface area contributed by atoms with Crippen molar-refractivity contribution in [2.24, 2.45) is 0 Å². The highest BCUT2D eigenvalue weighted by Crippen LogP contribution is 2.28. The third-order valence-corrected chi connectivity index (χ3v) is 4.09. The topological polar surface area (TPSA) is 42.0 Å². The molecule has 0 aliphatic carbocycles. The zero-order valence-electron chi connectivity index (χ0n) is 12.0. The Hall–Kier alpha value is -2.36. The van der Waals surface area contributed by atoms with Gasteiger partial charge in [-0.15, -0.1) is 0 Å². The summed E-state index contributed by atoms with van der Waals surface area (Å²) in [4.78, 5) is 16.9. The average Bonchev–Trinajstić information content (AvgIpc) is 2.54. The van der Waals surface area contributed by atoms with Crippen molar-refractivity contribution < 1.29 is 4.79 Å². The van der Waals surface area contributed by atoms with Crippen molar-refractivity contribution in [1.29, 1.82) is 0 Å². The highest BCUT2D eigenvalue weighted by molar-refractivity contribution is 6.40. The molecule has 1 amide bonds. The van der Waals surface area contributed by atoms with Crippen LogP contribution in [0.25, 0.3) is 17.0 Å². The molecule has 1 heterocycles. The molecule has 5 heteroatoms. The van der Waals surface area contributed by atoms with Gasteiger partial charge in [0.25, 0.3) is 5.91 Å². The van der Waals surface area contributed by atoms with Gasteiger partial charge in [-0.2, -0.15) is 0 Å². The summed E-state index contributed by atoms with van der Waals surface area (Å²) < 4.78 is 0. The van der Waals surface area contributed by atoms with Gasteiger partial charge in [0, 0.05) is 11.6 Å². The number of nitrogens with one attached hydrogen (secondary N) is 1. The minimum atomic E-state index is -0.376. The zero-order valence-corrected chi connectivity index (χ0v) is 13.5. The first-order valence-corrected chi connectivity index (χ1v) is 7.63. The van der Waals surface area contributed by atoms with Crippen LogP contribution in [0, 0.1) is 0 Å². The minimum absolute atomic E-state index is 0.243. The summed E-state index contributed by atoms with van der Waals surface area (Å²) in [6.45, 7) is 3.79. The molecular formula is C18H12Cl2N2O. The van der Waals surface area contributed by atoms with Crippen molar-refractivity contribution in [3.63, 3.8) is 0 Å². The predicted molar refractivity (Wildman–Crippen MR) is 96.2 cm³/mol. The van der Waals surface area contributed by atoms with E-state index in [-0.39, 0.29) is 11.5 Å². The monoisotopic (exact) mass is 342 g/mol. The number of nitrogens with zero attached hydrogens (tertiary/aromatic N) is 1. The molecule has 1 aromatic heterocycles. The molecule has 0 saturated heterocycles. The SMILES string of the molecule is C=Cc1ccnc2c(NC(=O)c3c(Cl)cccc3Cl)cccc12. The molecule has 114 valence electrons. The number of halogens is 2. The lowest BCUT2D eigenvalue weighted by atomic mass is 10.1. The third kappa shape index (κ3) is 2.93. The molecule has 23 heavy (non-hydrogen) atoms. The van der Waals surface area contributed by atoms with E-state index in [9.17, 15) is 4.79 Å². The highest BCUT2D eigenvalue weighted by atomic mass is 35.5. The maximum atomic E-state index is 12.5. The van der Waals surface area contributed by atoms with Crippen LogP contribution in [0.3, 0.4) is 0 Å². The highest BCUT2D eigenvalue weighted by Gasteiger charge is 2.16. The molecule has 0 bridgehead atoms. The molecular weight excluding hydrogens is 331 g/mol. The standard InChI is InChI=1S/C18H12Cl2N2O/c1-2-11-9-10-21-17-12(11)5-3-8-15(17)22-18(23)16-13(19)6-4-7-14(16)20/h2-10H,1H2,(H,22,23). The van der Waals surface area contributed by atoms with Gasteiger partial charge in [0.05, 0.1) is 26.8 Å². The molecule has 3 aromatic rings. The molecule has 3 nitrogen and oxygen atoms in total. The Morgan fingerprint density at radius 1 is 1.09 bits per heavy atom. The van der Waals surface area contributed by atoms with Crippen molar-refractivity contribution in [1.82, 2.24) is 4.98 Å². The Balaban J connectivity index is 2.05. The number of anilines is 1. The molecule has 0 aliphatic heterocycles. The lowest BCUT2D eigenvalue weighted by Crippen LogP contribution is -2.13. The largest absolute Gasteiger partial charge is 0.320 e. The first-order valence-electron chi connectivity index (χ1n) is 6.87. The number of aromatic nitrogens is 1. The number of carbonyl (C=O) groups is 1. The van der Waals surface area contributed by atoms with E-state index in [0.29, 0.717) is 21.2 Å². The summed E-state index contributed by atoms with van der Waals surface area (Å²) in [5.41, 5.74) is 2.46. The van der Waals surface area contributed by atoms with Crippen LogP contribution in [0.2, 0.25) is 10.0 Å². The number of amides is 1. The van der Waals surface area contributed by atoms with Gasteiger partial charge in [0.1, 0.15) is 0 Å². The summed E-state index contributed by atoms with van der Waals surface area (Å²) in [5.74, 6) is -0.376. The first-order chi connectivity index (χ1) is 11.1. The van der Waals surface area contributed by atoms with Crippen LogP contribution >= 0.6 is 23.2 Å². The lowest BCUT2D eigenvalue weighted by Gasteiger charge is -2.11. The second-order valence-electron chi connectivity index (χ2n) is 4.86. The molecule has 0 saturated carbocycles. The van der Waals surface area contributed by atoms with E-state index in [0.717, 1.165) is 10.9 Å². The molecule has 0 atom stereocenters. The fourth-order valence-corrected chi connectivity index (χ4v) is 2.94. The van der Waals surface area contributed by atoms with Crippen molar-refractivity contribution in [3.05, 3.63) is 76.4 Å². The molecule has 0 radical (unpaired) electrons. The Bertz CT molecular complexity index is 902. The Morgan fingerprint density at radius 2 is 1.78 bits per heavy atom. The fourth-order valence-electron chi connectivity index (χ4n) is 2.38. The van der Waals surface area contributed by atoms with E-state index in [4.69, 9.17) is 23.2 Å². The van der Waals surface area contributed by atoms with Gasteiger partial charge in [-0.25, -0.2) is 0 Å². The maximum Gasteiger partial charge on any atom is 0.258 e. The maximum absolute atomic E-state index is 12.5. The van der Waals surface area contributed by atoms with Gasteiger partial charge in [0.15, 0.2) is 0 Å². The molecule has 3 rings (SSSR count). The predicted octanol–water partition coefficient (Wildman–Crippen LogP) is 5.44. The second kappa shape index (κ2) is 6.41. The number of benzene rings is 2. The molecule has 0 aliphatic rings. The lowest BCUT2D eigenvalue weighted by molar-refractivity contribution is 0.102. The number of para-hydroxylation sites is 1. The van der Waals surface area contributed by atoms with E-state index in [2.05, 4.69) is 16.9 Å². The number of rotatable bonds is 3.